The molecular formula is C17H25ClN2O2. The van der Waals surface area contributed by atoms with Crippen molar-refractivity contribution in [3.63, 3.8) is 0 Å². The number of halogens is 1. The molecule has 22 heavy (non-hydrogen) atoms. The molecule has 1 aromatic carbocycles. The Morgan fingerprint density at radius 3 is 2.59 bits per heavy atom. The molecule has 2 rings (SSSR count). The van der Waals surface area contributed by atoms with Gasteiger partial charge in [-0.25, -0.2) is 0 Å². The van der Waals surface area contributed by atoms with E-state index in [0.717, 1.165) is 11.0 Å². The second kappa shape index (κ2) is 7.16. The molecule has 2 N–H and O–H groups in total. The summed E-state index contributed by atoms with van der Waals surface area (Å²) in [6, 6.07) is 9.74. The number of para-hydroxylation sites is 1. The van der Waals surface area contributed by atoms with E-state index in [2.05, 4.69) is 13.8 Å². The van der Waals surface area contributed by atoms with Crippen LogP contribution in [-0.4, -0.2) is 30.9 Å². The van der Waals surface area contributed by atoms with E-state index in [0.29, 0.717) is 18.8 Å². The number of hydrogen-bond donors (Lipinski definition) is 1. The van der Waals surface area contributed by atoms with E-state index in [-0.39, 0.29) is 29.6 Å². The highest BCUT2D eigenvalue weighted by atomic mass is 35.5. The van der Waals surface area contributed by atoms with Gasteiger partial charge < -0.3 is 15.1 Å². The molecule has 5 heteroatoms. The maximum Gasteiger partial charge on any atom is 0.232 e. The summed E-state index contributed by atoms with van der Waals surface area (Å²) in [7, 11) is 1.82. The molecule has 0 aliphatic carbocycles. The van der Waals surface area contributed by atoms with Crippen molar-refractivity contribution in [2.45, 2.75) is 26.7 Å². The fourth-order valence-electron chi connectivity index (χ4n) is 2.45. The Balaban J connectivity index is 0.00000242. The largest absolute Gasteiger partial charge is 0.460 e. The molecule has 0 aliphatic heterocycles. The first kappa shape index (κ1) is 18.5. The third kappa shape index (κ3) is 4.02. The van der Waals surface area contributed by atoms with E-state index in [1.54, 1.807) is 4.90 Å². The van der Waals surface area contributed by atoms with Crippen molar-refractivity contribution < 1.29 is 9.21 Å². The number of rotatable bonds is 5. The summed E-state index contributed by atoms with van der Waals surface area (Å²) >= 11 is 0. The van der Waals surface area contributed by atoms with E-state index in [4.69, 9.17) is 10.2 Å². The minimum atomic E-state index is -0.295. The van der Waals surface area contributed by atoms with Gasteiger partial charge in [-0.3, -0.25) is 4.79 Å². The van der Waals surface area contributed by atoms with Crippen LogP contribution < -0.4 is 5.73 Å². The zero-order valence-corrected chi connectivity index (χ0v) is 14.4. The van der Waals surface area contributed by atoms with Gasteiger partial charge in [0.2, 0.25) is 5.91 Å². The molecular weight excluding hydrogens is 300 g/mol. The van der Waals surface area contributed by atoms with Crippen LogP contribution in [0.25, 0.3) is 11.0 Å². The Hall–Kier alpha value is -1.52. The molecule has 0 spiro atoms. The Bertz CT molecular complexity index is 603. The number of benzene rings is 1. The van der Waals surface area contributed by atoms with Crippen molar-refractivity contribution in [3.8, 4) is 0 Å². The number of fused-ring (bicyclic) bond motifs is 1. The number of furan rings is 1. The number of hydrogen-bond acceptors (Lipinski definition) is 3. The SMILES string of the molecule is CC(C(=O)N(C)CC(C)(C)CN)c1cc2ccccc2o1.Cl. The third-order valence-electron chi connectivity index (χ3n) is 3.84. The lowest BCUT2D eigenvalue weighted by Crippen LogP contribution is -2.41. The smallest absolute Gasteiger partial charge is 0.232 e. The number of likely N-dealkylation sites (N-methyl/N-ethyl adjacent to an activating group) is 1. The summed E-state index contributed by atoms with van der Waals surface area (Å²) in [6.45, 7) is 7.17. The highest BCUT2D eigenvalue weighted by Gasteiger charge is 2.26. The maximum absolute atomic E-state index is 12.5. The highest BCUT2D eigenvalue weighted by molar-refractivity contribution is 5.85. The first-order valence-corrected chi connectivity index (χ1v) is 7.27. The zero-order valence-electron chi connectivity index (χ0n) is 13.6. The molecule has 1 atom stereocenters. The monoisotopic (exact) mass is 324 g/mol. The number of carbonyl (C=O) groups is 1. The summed E-state index contributed by atoms with van der Waals surface area (Å²) in [5.74, 6) is 0.463. The van der Waals surface area contributed by atoms with E-state index in [1.165, 1.54) is 0 Å². The molecule has 0 saturated carbocycles. The number of carbonyl (C=O) groups excluding carboxylic acids is 1. The molecule has 1 heterocycles. The van der Waals surface area contributed by atoms with Gasteiger partial charge in [0.25, 0.3) is 0 Å². The molecule has 0 bridgehead atoms. The average Bonchev–Trinajstić information content (AvgIpc) is 2.89. The van der Waals surface area contributed by atoms with Crippen LogP contribution in [0.5, 0.6) is 0 Å². The van der Waals surface area contributed by atoms with Crippen LogP contribution >= 0.6 is 12.4 Å². The van der Waals surface area contributed by atoms with Crippen molar-refractivity contribution in [1.82, 2.24) is 4.90 Å². The Kier molecular flexibility index (Phi) is 6.03. The lowest BCUT2D eigenvalue weighted by molar-refractivity contribution is -0.132. The second-order valence-corrected chi connectivity index (χ2v) is 6.47. The van der Waals surface area contributed by atoms with Gasteiger partial charge in [-0.2, -0.15) is 0 Å². The molecule has 0 radical (unpaired) electrons. The minimum Gasteiger partial charge on any atom is -0.460 e. The molecule has 0 aliphatic rings. The topological polar surface area (TPSA) is 59.5 Å². The van der Waals surface area contributed by atoms with E-state index in [9.17, 15) is 4.79 Å². The molecule has 0 saturated heterocycles. The Labute approximate surface area is 138 Å². The van der Waals surface area contributed by atoms with Gasteiger partial charge in [-0.15, -0.1) is 12.4 Å². The van der Waals surface area contributed by atoms with Crippen molar-refractivity contribution in [1.29, 1.82) is 0 Å². The van der Waals surface area contributed by atoms with Crippen molar-refractivity contribution in [3.05, 3.63) is 36.1 Å². The summed E-state index contributed by atoms with van der Waals surface area (Å²) in [5, 5.41) is 1.03. The van der Waals surface area contributed by atoms with E-state index < -0.39 is 0 Å². The van der Waals surface area contributed by atoms with Crippen LogP contribution in [0, 0.1) is 5.41 Å². The third-order valence-corrected chi connectivity index (χ3v) is 3.84. The van der Waals surface area contributed by atoms with Gasteiger partial charge in [0, 0.05) is 19.0 Å². The van der Waals surface area contributed by atoms with Crippen molar-refractivity contribution >= 4 is 29.3 Å². The Morgan fingerprint density at radius 1 is 1.36 bits per heavy atom. The molecule has 1 amide bonds. The molecule has 122 valence electrons. The predicted octanol–water partition coefficient (Wildman–Crippen LogP) is 3.40. The highest BCUT2D eigenvalue weighted by Crippen LogP contribution is 2.26. The lowest BCUT2D eigenvalue weighted by atomic mass is 9.92. The van der Waals surface area contributed by atoms with Gasteiger partial charge in [0.05, 0.1) is 5.92 Å². The van der Waals surface area contributed by atoms with Crippen LogP contribution in [0.1, 0.15) is 32.4 Å². The summed E-state index contributed by atoms with van der Waals surface area (Å²) in [6.07, 6.45) is 0. The van der Waals surface area contributed by atoms with Gasteiger partial charge in [0.15, 0.2) is 0 Å². The van der Waals surface area contributed by atoms with Crippen LogP contribution in [-0.2, 0) is 4.79 Å². The normalized spacial score (nSPS) is 12.8. The van der Waals surface area contributed by atoms with E-state index >= 15 is 0 Å². The van der Waals surface area contributed by atoms with E-state index in [1.807, 2.05) is 44.3 Å². The summed E-state index contributed by atoms with van der Waals surface area (Å²) in [5.41, 5.74) is 6.47. The first-order chi connectivity index (χ1) is 9.84. The Morgan fingerprint density at radius 2 is 2.00 bits per heavy atom. The van der Waals surface area contributed by atoms with Crippen LogP contribution in [0.15, 0.2) is 34.7 Å². The molecule has 4 nitrogen and oxygen atoms in total. The van der Waals surface area contributed by atoms with Gasteiger partial charge in [0.1, 0.15) is 11.3 Å². The summed E-state index contributed by atoms with van der Waals surface area (Å²) < 4.78 is 5.79. The summed E-state index contributed by atoms with van der Waals surface area (Å²) in [4.78, 5) is 14.3. The van der Waals surface area contributed by atoms with Crippen LogP contribution in [0.2, 0.25) is 0 Å². The van der Waals surface area contributed by atoms with Crippen LogP contribution in [0.3, 0.4) is 0 Å². The van der Waals surface area contributed by atoms with Crippen LogP contribution in [0.4, 0.5) is 0 Å². The molecule has 1 aromatic heterocycles. The minimum absolute atomic E-state index is 0. The van der Waals surface area contributed by atoms with Gasteiger partial charge in [-0.1, -0.05) is 32.0 Å². The number of nitrogens with zero attached hydrogens (tertiary/aromatic N) is 1. The average molecular weight is 325 g/mol. The van der Waals surface area contributed by atoms with Crippen molar-refractivity contribution in [2.24, 2.45) is 11.1 Å². The predicted molar refractivity (Wildman–Crippen MR) is 92.3 cm³/mol. The lowest BCUT2D eigenvalue weighted by Gasteiger charge is -2.30. The second-order valence-electron chi connectivity index (χ2n) is 6.47. The molecule has 0 fully saturated rings. The molecule has 2 aromatic rings. The van der Waals surface area contributed by atoms with Crippen molar-refractivity contribution in [2.75, 3.05) is 20.1 Å². The first-order valence-electron chi connectivity index (χ1n) is 7.27. The fraction of sp³-hybridized carbons (Fsp3) is 0.471. The standard InChI is InChI=1S/C17H24N2O2.ClH/c1-12(16(20)19(4)11-17(2,3)10-18)15-9-13-7-5-6-8-14(13)21-15;/h5-9,12H,10-11,18H2,1-4H3;1H. The van der Waals surface area contributed by atoms with Gasteiger partial charge >= 0.3 is 0 Å². The quantitative estimate of drug-likeness (QED) is 0.917. The number of amides is 1. The number of nitrogens with two attached hydrogens (primary N) is 1. The molecule has 1 unspecified atom stereocenters. The fourth-order valence-corrected chi connectivity index (χ4v) is 2.45. The maximum atomic E-state index is 12.5. The van der Waals surface area contributed by atoms with Gasteiger partial charge in [-0.05, 0) is 31.0 Å². The zero-order chi connectivity index (χ0) is 15.6.